The van der Waals surface area contributed by atoms with Crippen LogP contribution in [0.15, 0.2) is 41.3 Å². The zero-order valence-electron chi connectivity index (χ0n) is 15.9. The topological polar surface area (TPSA) is 113 Å². The van der Waals surface area contributed by atoms with Gasteiger partial charge in [0.2, 0.25) is 11.8 Å². The molecule has 1 saturated heterocycles. The van der Waals surface area contributed by atoms with Crippen LogP contribution in [0.25, 0.3) is 0 Å². The van der Waals surface area contributed by atoms with Crippen LogP contribution in [0.3, 0.4) is 0 Å². The Bertz CT molecular complexity index is 1190. The monoisotopic (exact) mass is 447 g/mol. The summed E-state index contributed by atoms with van der Waals surface area (Å²) in [6.45, 7) is 1.84. The van der Waals surface area contributed by atoms with Gasteiger partial charge in [-0.05, 0) is 48.7 Å². The van der Waals surface area contributed by atoms with Crippen molar-refractivity contribution in [3.05, 3.63) is 58.1 Å². The van der Waals surface area contributed by atoms with Gasteiger partial charge in [-0.15, -0.1) is 0 Å². The highest BCUT2D eigenvalue weighted by atomic mass is 35.5. The molecule has 2 aromatic carbocycles. The van der Waals surface area contributed by atoms with Gasteiger partial charge in [0, 0.05) is 29.2 Å². The van der Waals surface area contributed by atoms with E-state index in [4.69, 9.17) is 11.6 Å². The van der Waals surface area contributed by atoms with Crippen LogP contribution in [0.5, 0.6) is 0 Å². The lowest BCUT2D eigenvalue weighted by atomic mass is 10.0. The van der Waals surface area contributed by atoms with Crippen molar-refractivity contribution in [3.8, 4) is 0 Å². The van der Waals surface area contributed by atoms with E-state index in [0.717, 1.165) is 0 Å². The maximum absolute atomic E-state index is 12.9. The van der Waals surface area contributed by atoms with Crippen molar-refractivity contribution in [2.45, 2.75) is 37.2 Å². The summed E-state index contributed by atoms with van der Waals surface area (Å²) in [5.74, 6) is -1.22. The molecule has 0 aromatic heterocycles. The van der Waals surface area contributed by atoms with Gasteiger partial charge in [-0.3, -0.25) is 24.4 Å². The number of carbonyl (C=O) groups excluding carboxylic acids is 3. The molecule has 0 aliphatic carbocycles. The molecule has 1 unspecified atom stereocenters. The minimum absolute atomic E-state index is 0.0481. The number of imide groups is 1. The number of nitrogens with one attached hydrogen (secondary N) is 2. The average Bonchev–Trinajstić information content (AvgIpc) is 3.00. The van der Waals surface area contributed by atoms with Gasteiger partial charge < -0.3 is 4.90 Å². The number of anilines is 1. The fraction of sp³-hybridized carbons (Fsp3) is 0.250. The second kappa shape index (κ2) is 7.41. The van der Waals surface area contributed by atoms with Crippen molar-refractivity contribution in [3.63, 3.8) is 0 Å². The highest BCUT2D eigenvalue weighted by Gasteiger charge is 2.39. The molecule has 30 heavy (non-hydrogen) atoms. The predicted molar refractivity (Wildman–Crippen MR) is 109 cm³/mol. The molecule has 156 valence electrons. The van der Waals surface area contributed by atoms with Crippen LogP contribution < -0.4 is 10.0 Å². The van der Waals surface area contributed by atoms with E-state index in [2.05, 4.69) is 10.0 Å². The standard InChI is InChI=1S/C20H18ClN3O5S/c1-11-15(21)3-2-4-17(11)30(28,29)23-13-6-5-12-10-24(20(27)14(12)9-13)16-7-8-18(25)22-19(16)26/h2-6,9,16,23H,7-8,10H2,1H3,(H,22,25,26). The number of hydrogen-bond acceptors (Lipinski definition) is 5. The maximum Gasteiger partial charge on any atom is 0.262 e. The lowest BCUT2D eigenvalue weighted by molar-refractivity contribution is -0.136. The first-order chi connectivity index (χ1) is 14.2. The van der Waals surface area contributed by atoms with E-state index in [1.54, 1.807) is 31.2 Å². The Morgan fingerprint density at radius 3 is 2.67 bits per heavy atom. The van der Waals surface area contributed by atoms with Crippen molar-refractivity contribution in [2.75, 3.05) is 4.72 Å². The summed E-state index contributed by atoms with van der Waals surface area (Å²) < 4.78 is 28.1. The van der Waals surface area contributed by atoms with Crippen LogP contribution in [0.1, 0.15) is 34.3 Å². The van der Waals surface area contributed by atoms with E-state index < -0.39 is 22.0 Å². The largest absolute Gasteiger partial charge is 0.322 e. The number of hydrogen-bond donors (Lipinski definition) is 2. The Morgan fingerprint density at radius 1 is 1.17 bits per heavy atom. The first-order valence-electron chi connectivity index (χ1n) is 9.23. The van der Waals surface area contributed by atoms with Gasteiger partial charge in [0.15, 0.2) is 0 Å². The van der Waals surface area contributed by atoms with Crippen LogP contribution in [0.2, 0.25) is 5.02 Å². The number of nitrogens with zero attached hydrogens (tertiary/aromatic N) is 1. The molecule has 0 radical (unpaired) electrons. The summed E-state index contributed by atoms with van der Waals surface area (Å²) in [5, 5.41) is 2.58. The normalized spacial score (nSPS) is 18.9. The molecule has 0 spiro atoms. The van der Waals surface area contributed by atoms with E-state index in [1.807, 2.05) is 0 Å². The highest BCUT2D eigenvalue weighted by Crippen LogP contribution is 2.31. The Kier molecular flexibility index (Phi) is 5.03. The molecule has 2 aliphatic heterocycles. The van der Waals surface area contributed by atoms with Crippen molar-refractivity contribution in [1.29, 1.82) is 0 Å². The molecule has 4 rings (SSSR count). The van der Waals surface area contributed by atoms with E-state index in [0.29, 0.717) is 21.7 Å². The van der Waals surface area contributed by atoms with Gasteiger partial charge >= 0.3 is 0 Å². The molecule has 2 heterocycles. The molecule has 0 saturated carbocycles. The van der Waals surface area contributed by atoms with Gasteiger partial charge in [-0.2, -0.15) is 0 Å². The molecule has 10 heteroatoms. The van der Waals surface area contributed by atoms with Crippen LogP contribution >= 0.6 is 11.6 Å². The number of fused-ring (bicyclic) bond motifs is 1. The second-order valence-electron chi connectivity index (χ2n) is 7.24. The first-order valence-corrected chi connectivity index (χ1v) is 11.1. The van der Waals surface area contributed by atoms with Crippen LogP contribution in [-0.4, -0.2) is 37.1 Å². The Hall–Kier alpha value is -2.91. The minimum atomic E-state index is -3.91. The number of piperidine rings is 1. The Balaban J connectivity index is 1.59. The molecule has 1 fully saturated rings. The lowest BCUT2D eigenvalue weighted by Crippen LogP contribution is -2.52. The molecule has 1 atom stereocenters. The van der Waals surface area contributed by atoms with Crippen LogP contribution in [-0.2, 0) is 26.2 Å². The SMILES string of the molecule is Cc1c(Cl)cccc1S(=O)(=O)Nc1ccc2c(c1)C(=O)N(C1CCC(=O)NC1=O)C2. The molecular weight excluding hydrogens is 430 g/mol. The third-order valence-corrected chi connectivity index (χ3v) is 7.22. The second-order valence-corrected chi connectivity index (χ2v) is 9.30. The molecule has 0 bridgehead atoms. The molecular formula is C20H18ClN3O5S. The Labute approximate surface area is 178 Å². The van der Waals surface area contributed by atoms with Crippen molar-refractivity contribution in [1.82, 2.24) is 10.2 Å². The van der Waals surface area contributed by atoms with Gasteiger partial charge in [-0.25, -0.2) is 8.42 Å². The number of halogens is 1. The van der Waals surface area contributed by atoms with Gasteiger partial charge in [0.25, 0.3) is 15.9 Å². The zero-order chi connectivity index (χ0) is 21.6. The summed E-state index contributed by atoms with van der Waals surface area (Å²) in [6, 6.07) is 8.56. The summed E-state index contributed by atoms with van der Waals surface area (Å²) >= 11 is 6.03. The number of carbonyl (C=O) groups is 3. The summed E-state index contributed by atoms with van der Waals surface area (Å²) in [7, 11) is -3.91. The van der Waals surface area contributed by atoms with Crippen LogP contribution in [0.4, 0.5) is 5.69 Å². The van der Waals surface area contributed by atoms with E-state index in [1.165, 1.54) is 17.0 Å². The van der Waals surface area contributed by atoms with E-state index in [9.17, 15) is 22.8 Å². The first kappa shape index (κ1) is 20.4. The van der Waals surface area contributed by atoms with Crippen molar-refractivity contribution >= 4 is 45.0 Å². The third kappa shape index (κ3) is 3.54. The fourth-order valence-corrected chi connectivity index (χ4v) is 5.26. The molecule has 8 nitrogen and oxygen atoms in total. The average molecular weight is 448 g/mol. The van der Waals surface area contributed by atoms with E-state index >= 15 is 0 Å². The minimum Gasteiger partial charge on any atom is -0.322 e. The molecule has 3 amide bonds. The summed E-state index contributed by atoms with van der Waals surface area (Å²) in [6.07, 6.45) is 0.429. The predicted octanol–water partition coefficient (Wildman–Crippen LogP) is 2.21. The smallest absolute Gasteiger partial charge is 0.262 e. The number of sulfonamides is 1. The van der Waals surface area contributed by atoms with Gasteiger partial charge in [-0.1, -0.05) is 23.7 Å². The number of rotatable bonds is 4. The molecule has 2 aliphatic rings. The quantitative estimate of drug-likeness (QED) is 0.698. The molecule has 2 N–H and O–H groups in total. The third-order valence-electron chi connectivity index (χ3n) is 5.29. The zero-order valence-corrected chi connectivity index (χ0v) is 17.5. The summed E-state index contributed by atoms with van der Waals surface area (Å²) in [4.78, 5) is 37.8. The number of benzene rings is 2. The summed E-state index contributed by atoms with van der Waals surface area (Å²) in [5.41, 5.74) is 1.66. The van der Waals surface area contributed by atoms with Crippen molar-refractivity contribution in [2.24, 2.45) is 0 Å². The maximum atomic E-state index is 12.9. The lowest BCUT2D eigenvalue weighted by Gasteiger charge is -2.29. The van der Waals surface area contributed by atoms with E-state index in [-0.39, 0.29) is 41.8 Å². The van der Waals surface area contributed by atoms with Crippen LogP contribution in [0, 0.1) is 6.92 Å². The van der Waals surface area contributed by atoms with Crippen molar-refractivity contribution < 1.29 is 22.8 Å². The van der Waals surface area contributed by atoms with Gasteiger partial charge in [0.05, 0.1) is 4.90 Å². The Morgan fingerprint density at radius 2 is 1.93 bits per heavy atom. The molecule has 2 aromatic rings. The highest BCUT2D eigenvalue weighted by molar-refractivity contribution is 7.92. The van der Waals surface area contributed by atoms with Gasteiger partial charge in [0.1, 0.15) is 6.04 Å². The number of amides is 3. The fourth-order valence-electron chi connectivity index (χ4n) is 3.71.